The normalized spacial score (nSPS) is 23.9. The molecule has 0 unspecified atom stereocenters. The zero-order valence-corrected chi connectivity index (χ0v) is 22.1. The van der Waals surface area contributed by atoms with E-state index in [9.17, 15) is 0 Å². The quantitative estimate of drug-likeness (QED) is 0.405. The van der Waals surface area contributed by atoms with Gasteiger partial charge in [0.2, 0.25) is 0 Å². The van der Waals surface area contributed by atoms with Crippen LogP contribution in [0.15, 0.2) is 28.9 Å². The molecule has 32 heavy (non-hydrogen) atoms. The Hall–Kier alpha value is -1.50. The number of benzene rings is 1. The highest BCUT2D eigenvalue weighted by Crippen LogP contribution is 2.40. The van der Waals surface area contributed by atoms with Crippen LogP contribution in [0.2, 0.25) is 18.1 Å². The molecule has 2 aromatic rings. The van der Waals surface area contributed by atoms with Gasteiger partial charge in [-0.25, -0.2) is 0 Å². The summed E-state index contributed by atoms with van der Waals surface area (Å²) in [6, 6.07) is 7.50. The number of ether oxygens (including phenoxy) is 1. The molecule has 178 valence electrons. The average molecular weight is 459 g/mol. The third-order valence-corrected chi connectivity index (χ3v) is 12.3. The Kier molecular flexibility index (Phi) is 6.42. The van der Waals surface area contributed by atoms with Gasteiger partial charge in [0.05, 0.1) is 12.9 Å². The first kappa shape index (κ1) is 23.6. The number of hydrogen-bond donors (Lipinski definition) is 1. The van der Waals surface area contributed by atoms with Crippen LogP contribution < -0.4 is 15.0 Å². The third kappa shape index (κ3) is 4.73. The second-order valence-corrected chi connectivity index (χ2v) is 16.6. The monoisotopic (exact) mass is 458 g/mol. The Labute approximate surface area is 195 Å². The van der Waals surface area contributed by atoms with Crippen LogP contribution in [-0.2, 0) is 4.43 Å². The molecule has 2 fully saturated rings. The molecule has 1 aromatic heterocycles. The highest BCUT2D eigenvalue weighted by molar-refractivity contribution is 6.74. The van der Waals surface area contributed by atoms with Crippen molar-refractivity contribution in [3.63, 3.8) is 0 Å². The lowest BCUT2D eigenvalue weighted by atomic mass is 9.83. The lowest BCUT2D eigenvalue weighted by molar-refractivity contribution is 0.199. The molecule has 5 nitrogen and oxygen atoms in total. The number of anilines is 1. The van der Waals surface area contributed by atoms with Crippen LogP contribution in [0, 0.1) is 0 Å². The Morgan fingerprint density at radius 2 is 1.88 bits per heavy atom. The van der Waals surface area contributed by atoms with Gasteiger partial charge in [0.25, 0.3) is 0 Å². The maximum Gasteiger partial charge on any atom is 0.192 e. The highest BCUT2D eigenvalue weighted by Gasteiger charge is 2.41. The summed E-state index contributed by atoms with van der Waals surface area (Å²) in [4.78, 5) is 2.63. The Bertz CT molecular complexity index is 931. The van der Waals surface area contributed by atoms with Crippen molar-refractivity contribution in [1.82, 2.24) is 5.32 Å². The Morgan fingerprint density at radius 1 is 1.12 bits per heavy atom. The lowest BCUT2D eigenvalue weighted by Gasteiger charge is -2.52. The molecular formula is C26H42N2O3Si. The first-order valence-corrected chi connectivity index (χ1v) is 15.2. The van der Waals surface area contributed by atoms with Gasteiger partial charge >= 0.3 is 0 Å². The van der Waals surface area contributed by atoms with Crippen LogP contribution >= 0.6 is 0 Å². The summed E-state index contributed by atoms with van der Waals surface area (Å²) in [7, 11) is -1.76. The number of furan rings is 1. The van der Waals surface area contributed by atoms with E-state index < -0.39 is 8.32 Å². The summed E-state index contributed by atoms with van der Waals surface area (Å²) in [5, 5.41) is 5.26. The van der Waals surface area contributed by atoms with Crippen LogP contribution in [0.5, 0.6) is 5.75 Å². The van der Waals surface area contributed by atoms with Gasteiger partial charge in [-0.05, 0) is 63.0 Å². The molecule has 1 aromatic carbocycles. The highest BCUT2D eigenvalue weighted by atomic mass is 28.4. The van der Waals surface area contributed by atoms with Crippen molar-refractivity contribution in [3.05, 3.63) is 24.5 Å². The molecule has 2 heterocycles. The SMILES string of the molecule is CC1(C)CN(c2ccc(OCCO[Si](C)(C)C(C)(C)C)c3occc23)[C@H]2CCCC[C@H]2N1. The van der Waals surface area contributed by atoms with Crippen LogP contribution in [-0.4, -0.2) is 45.7 Å². The number of hydrogen-bond acceptors (Lipinski definition) is 5. The zero-order valence-electron chi connectivity index (χ0n) is 21.1. The minimum absolute atomic E-state index is 0.0881. The van der Waals surface area contributed by atoms with Crippen molar-refractivity contribution in [2.75, 3.05) is 24.7 Å². The second kappa shape index (κ2) is 8.69. The predicted octanol–water partition coefficient (Wildman–Crippen LogP) is 6.33. The Balaban J connectivity index is 1.51. The smallest absolute Gasteiger partial charge is 0.192 e. The largest absolute Gasteiger partial charge is 0.487 e. The summed E-state index contributed by atoms with van der Waals surface area (Å²) in [6.07, 6.45) is 6.93. The van der Waals surface area contributed by atoms with E-state index >= 15 is 0 Å². The number of nitrogens with one attached hydrogen (secondary N) is 1. The van der Waals surface area contributed by atoms with E-state index in [1.807, 2.05) is 0 Å². The molecule has 6 heteroatoms. The van der Waals surface area contributed by atoms with Crippen molar-refractivity contribution in [3.8, 4) is 5.75 Å². The fourth-order valence-electron chi connectivity index (χ4n) is 5.06. The second-order valence-electron chi connectivity index (χ2n) is 11.8. The van der Waals surface area contributed by atoms with E-state index in [0.29, 0.717) is 25.3 Å². The molecule has 1 N–H and O–H groups in total. The minimum atomic E-state index is -1.76. The molecule has 4 rings (SSSR count). The van der Waals surface area contributed by atoms with E-state index in [4.69, 9.17) is 13.6 Å². The topological polar surface area (TPSA) is 46.9 Å². The van der Waals surface area contributed by atoms with Gasteiger partial charge in [-0.2, -0.15) is 0 Å². The van der Waals surface area contributed by atoms with Gasteiger partial charge < -0.3 is 23.8 Å². The average Bonchev–Trinajstić information content (AvgIpc) is 3.19. The standard InChI is InChI=1S/C26H42N2O3Si/c1-25(2,3)32(6,7)31-17-16-29-23-13-12-21(19-14-15-30-24(19)23)28-18-26(4,5)27-20-10-8-9-11-22(20)28/h12-15,20,22,27H,8-11,16-18H2,1-7H3/t20-,22+/m1/s1. The molecule has 1 aliphatic carbocycles. The van der Waals surface area contributed by atoms with E-state index in [2.05, 4.69) is 76.1 Å². The van der Waals surface area contributed by atoms with Gasteiger partial charge in [-0.1, -0.05) is 33.6 Å². The van der Waals surface area contributed by atoms with Crippen molar-refractivity contribution < 1.29 is 13.6 Å². The van der Waals surface area contributed by atoms with Crippen LogP contribution in [0.1, 0.15) is 60.3 Å². The molecule has 1 saturated carbocycles. The summed E-state index contributed by atoms with van der Waals surface area (Å²) < 4.78 is 18.3. The molecule has 0 bridgehead atoms. The van der Waals surface area contributed by atoms with E-state index in [0.717, 1.165) is 23.3 Å². The Morgan fingerprint density at radius 3 is 2.62 bits per heavy atom. The van der Waals surface area contributed by atoms with E-state index in [1.54, 1.807) is 6.26 Å². The van der Waals surface area contributed by atoms with Crippen molar-refractivity contribution in [1.29, 1.82) is 0 Å². The third-order valence-electron chi connectivity index (χ3n) is 7.75. The van der Waals surface area contributed by atoms with Crippen LogP contribution in [0.25, 0.3) is 11.0 Å². The summed E-state index contributed by atoms with van der Waals surface area (Å²) >= 11 is 0. The van der Waals surface area contributed by atoms with E-state index in [1.165, 1.54) is 31.4 Å². The van der Waals surface area contributed by atoms with E-state index in [-0.39, 0.29) is 10.6 Å². The van der Waals surface area contributed by atoms with Gasteiger partial charge in [0.15, 0.2) is 19.6 Å². The maximum atomic E-state index is 6.28. The van der Waals surface area contributed by atoms with Crippen LogP contribution in [0.4, 0.5) is 5.69 Å². The van der Waals surface area contributed by atoms with Crippen molar-refractivity contribution >= 4 is 25.0 Å². The number of piperazine rings is 1. The molecule has 0 spiro atoms. The van der Waals surface area contributed by atoms with Gasteiger partial charge in [0, 0.05) is 35.2 Å². The summed E-state index contributed by atoms with van der Waals surface area (Å²) in [6.45, 7) is 18.1. The molecule has 2 atom stereocenters. The molecule has 0 radical (unpaired) electrons. The first-order valence-electron chi connectivity index (χ1n) is 12.3. The van der Waals surface area contributed by atoms with Crippen molar-refractivity contribution in [2.24, 2.45) is 0 Å². The first-order chi connectivity index (χ1) is 15.0. The van der Waals surface area contributed by atoms with Gasteiger partial charge in [-0.15, -0.1) is 0 Å². The fraction of sp³-hybridized carbons (Fsp3) is 0.692. The number of rotatable bonds is 6. The van der Waals surface area contributed by atoms with Gasteiger partial charge in [0.1, 0.15) is 6.61 Å². The predicted molar refractivity (Wildman–Crippen MR) is 135 cm³/mol. The van der Waals surface area contributed by atoms with Crippen LogP contribution in [0.3, 0.4) is 0 Å². The molecule has 1 aliphatic heterocycles. The molecule has 2 aliphatic rings. The molecule has 0 amide bonds. The minimum Gasteiger partial charge on any atom is -0.487 e. The molecule has 1 saturated heterocycles. The van der Waals surface area contributed by atoms with Gasteiger partial charge in [-0.3, -0.25) is 0 Å². The van der Waals surface area contributed by atoms with Crippen molar-refractivity contribution in [2.45, 2.75) is 96.1 Å². The molecular weight excluding hydrogens is 416 g/mol. The lowest BCUT2D eigenvalue weighted by Crippen LogP contribution is -2.67. The summed E-state index contributed by atoms with van der Waals surface area (Å²) in [5.41, 5.74) is 2.20. The summed E-state index contributed by atoms with van der Waals surface area (Å²) in [5.74, 6) is 0.808. The maximum absolute atomic E-state index is 6.28. The number of nitrogens with zero attached hydrogens (tertiary/aromatic N) is 1. The fourth-order valence-corrected chi connectivity index (χ4v) is 6.08. The number of fused-ring (bicyclic) bond motifs is 2. The zero-order chi connectivity index (χ0) is 23.1.